The molecule has 0 atom stereocenters. The fourth-order valence-corrected chi connectivity index (χ4v) is 1.67. The van der Waals surface area contributed by atoms with Crippen LogP contribution in [-0.2, 0) is 0 Å². The zero-order chi connectivity index (χ0) is 13.0. The molecular formula is C14H12N2O2. The third-order valence-electron chi connectivity index (χ3n) is 2.61. The number of hydrogen-bond donors (Lipinski definition) is 0. The number of benzene rings is 1. The summed E-state index contributed by atoms with van der Waals surface area (Å²) in [7, 11) is 3.16. The Morgan fingerprint density at radius 2 is 1.83 bits per heavy atom. The van der Waals surface area contributed by atoms with Crippen LogP contribution >= 0.6 is 0 Å². The fourth-order valence-electron chi connectivity index (χ4n) is 1.67. The van der Waals surface area contributed by atoms with Crippen LogP contribution in [0.1, 0.15) is 5.56 Å². The lowest BCUT2D eigenvalue weighted by Crippen LogP contribution is -1.90. The molecule has 0 saturated heterocycles. The molecule has 2 rings (SSSR count). The molecule has 2 aromatic rings. The average molecular weight is 240 g/mol. The van der Waals surface area contributed by atoms with Gasteiger partial charge in [0.25, 0.3) is 0 Å². The minimum atomic E-state index is 0.546. The van der Waals surface area contributed by atoms with Crippen molar-refractivity contribution in [1.29, 1.82) is 5.26 Å². The number of pyridine rings is 1. The van der Waals surface area contributed by atoms with Crippen LogP contribution in [0.25, 0.3) is 11.1 Å². The first-order chi connectivity index (χ1) is 8.78. The van der Waals surface area contributed by atoms with Crippen LogP contribution in [0, 0.1) is 11.3 Å². The summed E-state index contributed by atoms with van der Waals surface area (Å²) in [6.45, 7) is 0. The molecule has 0 spiro atoms. The Morgan fingerprint density at radius 3 is 2.50 bits per heavy atom. The number of hydrogen-bond acceptors (Lipinski definition) is 4. The summed E-state index contributed by atoms with van der Waals surface area (Å²) >= 11 is 0. The molecule has 0 radical (unpaired) electrons. The molecule has 0 fully saturated rings. The minimum absolute atomic E-state index is 0.546. The quantitative estimate of drug-likeness (QED) is 0.827. The second-order valence-electron chi connectivity index (χ2n) is 3.64. The summed E-state index contributed by atoms with van der Waals surface area (Å²) in [6.07, 6.45) is 3.32. The van der Waals surface area contributed by atoms with Crippen LogP contribution in [0.5, 0.6) is 11.5 Å². The number of ether oxygens (including phenoxy) is 2. The lowest BCUT2D eigenvalue weighted by Gasteiger charge is -2.07. The van der Waals surface area contributed by atoms with E-state index in [0.717, 1.165) is 11.1 Å². The lowest BCUT2D eigenvalue weighted by atomic mass is 10.0. The van der Waals surface area contributed by atoms with Gasteiger partial charge in [-0.25, -0.2) is 0 Å². The lowest BCUT2D eigenvalue weighted by molar-refractivity contribution is 0.413. The predicted octanol–water partition coefficient (Wildman–Crippen LogP) is 2.64. The van der Waals surface area contributed by atoms with Crippen LogP contribution < -0.4 is 9.47 Å². The molecular weight excluding hydrogens is 228 g/mol. The van der Waals surface area contributed by atoms with Crippen molar-refractivity contribution in [2.24, 2.45) is 0 Å². The fraction of sp³-hybridized carbons (Fsp3) is 0.143. The van der Waals surface area contributed by atoms with Crippen molar-refractivity contribution in [3.63, 3.8) is 0 Å². The van der Waals surface area contributed by atoms with Crippen LogP contribution in [0.15, 0.2) is 36.7 Å². The average Bonchev–Trinajstić information content (AvgIpc) is 2.46. The first-order valence-corrected chi connectivity index (χ1v) is 5.36. The number of aromatic nitrogens is 1. The molecule has 0 aliphatic carbocycles. The van der Waals surface area contributed by atoms with Gasteiger partial charge in [-0.05, 0) is 24.3 Å². The van der Waals surface area contributed by atoms with E-state index in [-0.39, 0.29) is 0 Å². The summed E-state index contributed by atoms with van der Waals surface area (Å²) in [4.78, 5) is 4.08. The van der Waals surface area contributed by atoms with E-state index in [0.29, 0.717) is 17.1 Å². The van der Waals surface area contributed by atoms with E-state index in [1.54, 1.807) is 32.7 Å². The molecule has 18 heavy (non-hydrogen) atoms. The molecule has 90 valence electrons. The maximum absolute atomic E-state index is 9.17. The van der Waals surface area contributed by atoms with E-state index in [1.807, 2.05) is 18.2 Å². The van der Waals surface area contributed by atoms with Gasteiger partial charge in [-0.15, -0.1) is 0 Å². The van der Waals surface area contributed by atoms with Gasteiger partial charge in [-0.1, -0.05) is 0 Å². The van der Waals surface area contributed by atoms with E-state index < -0.39 is 0 Å². The van der Waals surface area contributed by atoms with E-state index in [4.69, 9.17) is 14.7 Å². The normalized spacial score (nSPS) is 9.61. The Hall–Kier alpha value is -2.54. The molecule has 1 aromatic heterocycles. The maximum atomic E-state index is 9.17. The van der Waals surface area contributed by atoms with Crippen molar-refractivity contribution in [2.45, 2.75) is 0 Å². The van der Waals surface area contributed by atoms with Crippen molar-refractivity contribution in [3.8, 4) is 28.7 Å². The van der Waals surface area contributed by atoms with Gasteiger partial charge in [0.15, 0.2) is 0 Å². The highest BCUT2D eigenvalue weighted by Crippen LogP contribution is 2.28. The standard InChI is InChI=1S/C14H12N2O2/c1-17-12-3-4-14(10(5-12)7-15)11-6-13(18-2)9-16-8-11/h3-6,8-9H,1-2H3. The van der Waals surface area contributed by atoms with E-state index >= 15 is 0 Å². The Labute approximate surface area is 105 Å². The molecule has 4 nitrogen and oxygen atoms in total. The summed E-state index contributed by atoms with van der Waals surface area (Å²) < 4.78 is 10.2. The van der Waals surface area contributed by atoms with Gasteiger partial charge in [0.1, 0.15) is 11.5 Å². The second kappa shape index (κ2) is 5.19. The molecule has 0 aliphatic rings. The van der Waals surface area contributed by atoms with Gasteiger partial charge in [0, 0.05) is 17.3 Å². The number of nitriles is 1. The molecule has 1 aromatic carbocycles. The Kier molecular flexibility index (Phi) is 3.44. The van der Waals surface area contributed by atoms with Crippen LogP contribution in [0.4, 0.5) is 0 Å². The van der Waals surface area contributed by atoms with Crippen molar-refractivity contribution in [3.05, 3.63) is 42.2 Å². The summed E-state index contributed by atoms with van der Waals surface area (Å²) in [5, 5.41) is 9.17. The number of nitrogens with zero attached hydrogens (tertiary/aromatic N) is 2. The molecule has 0 unspecified atom stereocenters. The highest BCUT2D eigenvalue weighted by molar-refractivity contribution is 5.71. The molecule has 1 heterocycles. The Morgan fingerprint density at radius 1 is 1.06 bits per heavy atom. The molecule has 0 saturated carbocycles. The van der Waals surface area contributed by atoms with Gasteiger partial charge in [-0.3, -0.25) is 4.98 Å². The molecule has 0 bridgehead atoms. The van der Waals surface area contributed by atoms with Crippen LogP contribution in [-0.4, -0.2) is 19.2 Å². The Bertz CT molecular complexity index is 603. The third kappa shape index (κ3) is 2.25. The van der Waals surface area contributed by atoms with Gasteiger partial charge in [0.05, 0.1) is 32.0 Å². The van der Waals surface area contributed by atoms with Gasteiger partial charge in [0.2, 0.25) is 0 Å². The third-order valence-corrected chi connectivity index (χ3v) is 2.61. The topological polar surface area (TPSA) is 55.1 Å². The first-order valence-electron chi connectivity index (χ1n) is 5.36. The molecule has 0 N–H and O–H groups in total. The largest absolute Gasteiger partial charge is 0.497 e. The van der Waals surface area contributed by atoms with E-state index in [2.05, 4.69) is 11.1 Å². The van der Waals surface area contributed by atoms with Crippen LogP contribution in [0.3, 0.4) is 0 Å². The highest BCUT2D eigenvalue weighted by atomic mass is 16.5. The van der Waals surface area contributed by atoms with Crippen molar-refractivity contribution < 1.29 is 9.47 Å². The maximum Gasteiger partial charge on any atom is 0.137 e. The second-order valence-corrected chi connectivity index (χ2v) is 3.64. The predicted molar refractivity (Wildman–Crippen MR) is 67.5 cm³/mol. The monoisotopic (exact) mass is 240 g/mol. The van der Waals surface area contributed by atoms with Gasteiger partial charge in [-0.2, -0.15) is 5.26 Å². The zero-order valence-electron chi connectivity index (χ0n) is 10.2. The molecule has 0 aliphatic heterocycles. The number of methoxy groups -OCH3 is 2. The first kappa shape index (κ1) is 11.9. The highest BCUT2D eigenvalue weighted by Gasteiger charge is 2.07. The summed E-state index contributed by atoms with van der Waals surface area (Å²) in [5.74, 6) is 1.32. The van der Waals surface area contributed by atoms with Gasteiger partial charge < -0.3 is 9.47 Å². The minimum Gasteiger partial charge on any atom is -0.497 e. The molecule has 4 heteroatoms. The summed E-state index contributed by atoms with van der Waals surface area (Å²) in [5.41, 5.74) is 2.20. The molecule has 0 amide bonds. The van der Waals surface area contributed by atoms with Crippen LogP contribution in [0.2, 0.25) is 0 Å². The Balaban J connectivity index is 2.53. The smallest absolute Gasteiger partial charge is 0.137 e. The van der Waals surface area contributed by atoms with Crippen molar-refractivity contribution >= 4 is 0 Å². The van der Waals surface area contributed by atoms with E-state index in [9.17, 15) is 0 Å². The zero-order valence-corrected chi connectivity index (χ0v) is 10.2. The summed E-state index contributed by atoms with van der Waals surface area (Å²) in [6, 6.07) is 9.36. The van der Waals surface area contributed by atoms with E-state index in [1.165, 1.54) is 0 Å². The van der Waals surface area contributed by atoms with Crippen molar-refractivity contribution in [2.75, 3.05) is 14.2 Å². The SMILES string of the molecule is COc1cncc(-c2ccc(OC)cc2C#N)c1. The van der Waals surface area contributed by atoms with Crippen molar-refractivity contribution in [1.82, 2.24) is 4.98 Å². The van der Waals surface area contributed by atoms with Gasteiger partial charge >= 0.3 is 0 Å². The number of rotatable bonds is 3.